The van der Waals surface area contributed by atoms with Gasteiger partial charge < -0.3 is 10.1 Å². The number of aryl methyl sites for hydroxylation is 1. The number of benzene rings is 1. The lowest BCUT2D eigenvalue weighted by Crippen LogP contribution is -2.24. The summed E-state index contributed by atoms with van der Waals surface area (Å²) >= 11 is 0. The van der Waals surface area contributed by atoms with Gasteiger partial charge in [0.15, 0.2) is 0 Å². The number of hydrogen-bond donors (Lipinski definition) is 1. The van der Waals surface area contributed by atoms with E-state index in [1.54, 1.807) is 6.07 Å². The third-order valence-electron chi connectivity index (χ3n) is 3.27. The molecule has 0 aliphatic carbocycles. The van der Waals surface area contributed by atoms with Crippen molar-refractivity contribution >= 4 is 11.4 Å². The summed E-state index contributed by atoms with van der Waals surface area (Å²) in [5, 5.41) is 14.2. The summed E-state index contributed by atoms with van der Waals surface area (Å²) in [6.45, 7) is 4.19. The predicted molar refractivity (Wildman–Crippen MR) is 69.9 cm³/mol. The van der Waals surface area contributed by atoms with Crippen molar-refractivity contribution in [3.05, 3.63) is 33.9 Å². The molecule has 5 nitrogen and oxygen atoms in total. The average Bonchev–Trinajstić information content (AvgIpc) is 2.38. The van der Waals surface area contributed by atoms with Crippen LogP contribution < -0.4 is 5.32 Å². The first-order chi connectivity index (χ1) is 8.68. The van der Waals surface area contributed by atoms with Gasteiger partial charge in [-0.3, -0.25) is 10.1 Å². The Morgan fingerprint density at radius 2 is 2.39 bits per heavy atom. The van der Waals surface area contributed by atoms with Crippen molar-refractivity contribution in [3.63, 3.8) is 0 Å². The predicted octanol–water partition coefficient (Wildman–Crippen LogP) is 2.74. The summed E-state index contributed by atoms with van der Waals surface area (Å²) in [7, 11) is 0. The Balaban J connectivity index is 2.05. The van der Waals surface area contributed by atoms with Crippen molar-refractivity contribution in [3.8, 4) is 0 Å². The molecule has 1 heterocycles. The van der Waals surface area contributed by atoms with E-state index < -0.39 is 0 Å². The highest BCUT2D eigenvalue weighted by Crippen LogP contribution is 2.28. The van der Waals surface area contributed by atoms with Crippen LogP contribution in [0.4, 0.5) is 11.4 Å². The highest BCUT2D eigenvalue weighted by molar-refractivity contribution is 5.65. The van der Waals surface area contributed by atoms with Crippen LogP contribution in [0, 0.1) is 23.0 Å². The molecule has 0 saturated carbocycles. The van der Waals surface area contributed by atoms with Crippen LogP contribution in [0.25, 0.3) is 0 Å². The number of nitro groups is 1. The number of ether oxygens (including phenoxy) is 1. The molecule has 1 aliphatic heterocycles. The number of nitrogens with one attached hydrogen (secondary N) is 1. The standard InChI is InChI=1S/C13H18N2O3/c1-10-4-2-6-12(15(16)17)13(10)14-8-11-5-3-7-18-9-11/h2,4,6,11,14H,3,5,7-9H2,1H3. The van der Waals surface area contributed by atoms with Crippen LogP contribution in [-0.4, -0.2) is 24.7 Å². The average molecular weight is 250 g/mol. The molecule has 2 rings (SSSR count). The molecule has 1 unspecified atom stereocenters. The fraction of sp³-hybridized carbons (Fsp3) is 0.538. The molecular formula is C13H18N2O3. The van der Waals surface area contributed by atoms with E-state index in [1.165, 1.54) is 6.07 Å². The van der Waals surface area contributed by atoms with Crippen molar-refractivity contribution in [2.24, 2.45) is 5.92 Å². The van der Waals surface area contributed by atoms with E-state index in [1.807, 2.05) is 13.0 Å². The lowest BCUT2D eigenvalue weighted by molar-refractivity contribution is -0.384. The fourth-order valence-corrected chi connectivity index (χ4v) is 2.25. The highest BCUT2D eigenvalue weighted by atomic mass is 16.6. The van der Waals surface area contributed by atoms with Gasteiger partial charge in [-0.25, -0.2) is 0 Å². The van der Waals surface area contributed by atoms with E-state index >= 15 is 0 Å². The maximum atomic E-state index is 11.0. The molecule has 0 bridgehead atoms. The van der Waals surface area contributed by atoms with E-state index in [-0.39, 0.29) is 10.6 Å². The second-order valence-corrected chi connectivity index (χ2v) is 4.69. The molecule has 0 aromatic heterocycles. The summed E-state index contributed by atoms with van der Waals surface area (Å²) in [5.41, 5.74) is 1.68. The molecule has 18 heavy (non-hydrogen) atoms. The number of nitro benzene ring substituents is 1. The second kappa shape index (κ2) is 5.82. The molecule has 1 aliphatic rings. The highest BCUT2D eigenvalue weighted by Gasteiger charge is 2.18. The minimum Gasteiger partial charge on any atom is -0.381 e. The molecule has 98 valence electrons. The van der Waals surface area contributed by atoms with Gasteiger partial charge >= 0.3 is 0 Å². The van der Waals surface area contributed by atoms with E-state index in [4.69, 9.17) is 4.74 Å². The first kappa shape index (κ1) is 12.8. The summed E-state index contributed by atoms with van der Waals surface area (Å²) in [6.07, 6.45) is 2.19. The van der Waals surface area contributed by atoms with Gasteiger partial charge in [0.1, 0.15) is 5.69 Å². The lowest BCUT2D eigenvalue weighted by atomic mass is 10.0. The second-order valence-electron chi connectivity index (χ2n) is 4.69. The Hall–Kier alpha value is -1.62. The van der Waals surface area contributed by atoms with Gasteiger partial charge in [0.05, 0.1) is 11.5 Å². The molecule has 1 N–H and O–H groups in total. The Bertz CT molecular complexity index is 428. The third kappa shape index (κ3) is 2.98. The van der Waals surface area contributed by atoms with E-state index in [0.29, 0.717) is 11.6 Å². The van der Waals surface area contributed by atoms with Crippen molar-refractivity contribution in [1.29, 1.82) is 0 Å². The number of hydrogen-bond acceptors (Lipinski definition) is 4. The summed E-state index contributed by atoms with van der Waals surface area (Å²) in [6, 6.07) is 5.13. The van der Waals surface area contributed by atoms with Gasteiger partial charge in [0, 0.05) is 19.2 Å². The van der Waals surface area contributed by atoms with Gasteiger partial charge in [0.25, 0.3) is 5.69 Å². The summed E-state index contributed by atoms with van der Waals surface area (Å²) in [5.74, 6) is 0.443. The summed E-state index contributed by atoms with van der Waals surface area (Å²) in [4.78, 5) is 10.6. The van der Waals surface area contributed by atoms with Crippen molar-refractivity contribution < 1.29 is 9.66 Å². The lowest BCUT2D eigenvalue weighted by Gasteiger charge is -2.23. The number of nitrogens with zero attached hydrogens (tertiary/aromatic N) is 1. The quantitative estimate of drug-likeness (QED) is 0.659. The van der Waals surface area contributed by atoms with E-state index in [0.717, 1.165) is 38.2 Å². The number of para-hydroxylation sites is 1. The van der Waals surface area contributed by atoms with Crippen molar-refractivity contribution in [2.45, 2.75) is 19.8 Å². The fourth-order valence-electron chi connectivity index (χ4n) is 2.25. The maximum absolute atomic E-state index is 11.0. The Morgan fingerprint density at radius 1 is 1.56 bits per heavy atom. The van der Waals surface area contributed by atoms with Gasteiger partial charge in [-0.2, -0.15) is 0 Å². The number of rotatable bonds is 4. The molecular weight excluding hydrogens is 232 g/mol. The van der Waals surface area contributed by atoms with E-state index in [2.05, 4.69) is 5.32 Å². The zero-order valence-electron chi connectivity index (χ0n) is 10.5. The van der Waals surface area contributed by atoms with Crippen LogP contribution in [-0.2, 0) is 4.74 Å². The SMILES string of the molecule is Cc1cccc([N+](=O)[O-])c1NCC1CCCOC1. The van der Waals surface area contributed by atoms with Gasteiger partial charge in [-0.15, -0.1) is 0 Å². The third-order valence-corrected chi connectivity index (χ3v) is 3.27. The summed E-state index contributed by atoms with van der Waals surface area (Å²) < 4.78 is 5.40. The van der Waals surface area contributed by atoms with E-state index in [9.17, 15) is 10.1 Å². The van der Waals surface area contributed by atoms with Crippen LogP contribution in [0.15, 0.2) is 18.2 Å². The number of anilines is 1. The first-order valence-corrected chi connectivity index (χ1v) is 6.24. The smallest absolute Gasteiger partial charge is 0.292 e. The minimum absolute atomic E-state index is 0.145. The molecule has 1 fully saturated rings. The van der Waals surface area contributed by atoms with Crippen molar-refractivity contribution in [1.82, 2.24) is 0 Å². The van der Waals surface area contributed by atoms with Crippen LogP contribution in [0.5, 0.6) is 0 Å². The minimum atomic E-state index is -0.341. The maximum Gasteiger partial charge on any atom is 0.292 e. The molecule has 1 atom stereocenters. The molecule has 0 spiro atoms. The topological polar surface area (TPSA) is 64.4 Å². The first-order valence-electron chi connectivity index (χ1n) is 6.24. The van der Waals surface area contributed by atoms with Crippen LogP contribution >= 0.6 is 0 Å². The van der Waals surface area contributed by atoms with Crippen LogP contribution in [0.1, 0.15) is 18.4 Å². The Kier molecular flexibility index (Phi) is 4.15. The molecule has 5 heteroatoms. The van der Waals surface area contributed by atoms with Crippen molar-refractivity contribution in [2.75, 3.05) is 25.1 Å². The molecule has 1 aromatic rings. The largest absolute Gasteiger partial charge is 0.381 e. The molecule has 1 saturated heterocycles. The Labute approximate surface area is 106 Å². The molecule has 1 aromatic carbocycles. The van der Waals surface area contributed by atoms with Gasteiger partial charge in [0.2, 0.25) is 0 Å². The van der Waals surface area contributed by atoms with Crippen LogP contribution in [0.2, 0.25) is 0 Å². The molecule has 0 amide bonds. The zero-order chi connectivity index (χ0) is 13.0. The normalized spacial score (nSPS) is 19.5. The van der Waals surface area contributed by atoms with Crippen LogP contribution in [0.3, 0.4) is 0 Å². The molecule has 0 radical (unpaired) electrons. The van der Waals surface area contributed by atoms with Gasteiger partial charge in [-0.05, 0) is 31.2 Å². The zero-order valence-corrected chi connectivity index (χ0v) is 10.5. The van der Waals surface area contributed by atoms with Gasteiger partial charge in [-0.1, -0.05) is 12.1 Å². The monoisotopic (exact) mass is 250 g/mol. The Morgan fingerprint density at radius 3 is 3.06 bits per heavy atom.